The average Bonchev–Trinajstić information content (AvgIpc) is 2.67. The van der Waals surface area contributed by atoms with Crippen molar-refractivity contribution in [2.75, 3.05) is 6.61 Å². The van der Waals surface area contributed by atoms with E-state index in [4.69, 9.17) is 4.74 Å². The van der Waals surface area contributed by atoms with Gasteiger partial charge in [0, 0.05) is 17.3 Å². The minimum Gasteiger partial charge on any atom is -0.462 e. The van der Waals surface area contributed by atoms with Crippen LogP contribution in [0.25, 0.3) is 11.4 Å². The van der Waals surface area contributed by atoms with Crippen LogP contribution in [0.3, 0.4) is 0 Å². The molecule has 1 aromatic heterocycles. The number of carbonyl (C=O) groups excluding carboxylic acids is 1. The smallest absolute Gasteiger partial charge is 0.338 e. The molecule has 26 heavy (non-hydrogen) atoms. The Hall–Kier alpha value is -3.41. The number of hydrogen-bond acceptors (Lipinski definition) is 6. The lowest BCUT2D eigenvalue weighted by molar-refractivity contribution is 0.0526. The van der Waals surface area contributed by atoms with Crippen molar-refractivity contribution >= 4 is 17.5 Å². The third-order valence-electron chi connectivity index (χ3n) is 3.52. The molecule has 3 aromatic rings. The highest BCUT2D eigenvalue weighted by atomic mass is 16.5. The van der Waals surface area contributed by atoms with E-state index in [9.17, 15) is 4.79 Å². The molecule has 0 atom stereocenters. The summed E-state index contributed by atoms with van der Waals surface area (Å²) in [7, 11) is 0. The molecule has 0 aliphatic heterocycles. The van der Waals surface area contributed by atoms with Crippen molar-refractivity contribution in [3.05, 3.63) is 71.9 Å². The molecule has 0 amide bonds. The second-order valence-electron chi connectivity index (χ2n) is 5.52. The molecular weight excluding hydrogens is 328 g/mol. The maximum Gasteiger partial charge on any atom is 0.338 e. The lowest BCUT2D eigenvalue weighted by atomic mass is 10.2. The third-order valence-corrected chi connectivity index (χ3v) is 3.52. The minimum atomic E-state index is -0.352. The molecule has 0 saturated carbocycles. The molecule has 0 saturated heterocycles. The lowest BCUT2D eigenvalue weighted by Gasteiger charge is -2.03. The van der Waals surface area contributed by atoms with Gasteiger partial charge in [0.2, 0.25) is 0 Å². The van der Waals surface area contributed by atoms with Crippen molar-refractivity contribution in [3.63, 3.8) is 0 Å². The van der Waals surface area contributed by atoms with Gasteiger partial charge in [0.05, 0.1) is 17.9 Å². The van der Waals surface area contributed by atoms with Gasteiger partial charge in [-0.2, -0.15) is 0 Å². The zero-order valence-electron chi connectivity index (χ0n) is 14.6. The van der Waals surface area contributed by atoms with Crippen LogP contribution in [-0.2, 0) is 4.74 Å². The summed E-state index contributed by atoms with van der Waals surface area (Å²) in [5.74, 6) is 0.734. The van der Waals surface area contributed by atoms with Crippen LogP contribution in [0.1, 0.15) is 23.0 Å². The molecule has 0 fully saturated rings. The number of hydrogen-bond donors (Lipinski definition) is 0. The van der Waals surface area contributed by atoms with E-state index in [1.54, 1.807) is 37.3 Å². The molecule has 2 aromatic carbocycles. The van der Waals surface area contributed by atoms with Gasteiger partial charge in [-0.1, -0.05) is 30.3 Å². The van der Waals surface area contributed by atoms with Crippen LogP contribution in [0.15, 0.2) is 70.9 Å². The summed E-state index contributed by atoms with van der Waals surface area (Å²) >= 11 is 0. The monoisotopic (exact) mass is 346 g/mol. The molecule has 1 heterocycles. The third kappa shape index (κ3) is 4.36. The summed E-state index contributed by atoms with van der Waals surface area (Å²) in [6, 6.07) is 18.2. The Morgan fingerprint density at radius 3 is 2.42 bits per heavy atom. The zero-order chi connectivity index (χ0) is 18.4. The van der Waals surface area contributed by atoms with Gasteiger partial charge in [0.15, 0.2) is 11.6 Å². The van der Waals surface area contributed by atoms with Gasteiger partial charge in [0.25, 0.3) is 0 Å². The number of carbonyl (C=O) groups is 1. The van der Waals surface area contributed by atoms with Crippen LogP contribution in [0, 0.1) is 6.92 Å². The molecule has 0 bridgehead atoms. The number of azo groups is 1. The first-order valence-corrected chi connectivity index (χ1v) is 8.26. The highest BCUT2D eigenvalue weighted by Gasteiger charge is 2.06. The zero-order valence-corrected chi connectivity index (χ0v) is 14.6. The van der Waals surface area contributed by atoms with Crippen LogP contribution in [0.4, 0.5) is 11.5 Å². The Bertz CT molecular complexity index is 922. The van der Waals surface area contributed by atoms with E-state index in [-0.39, 0.29) is 5.97 Å². The molecule has 0 unspecified atom stereocenters. The summed E-state index contributed by atoms with van der Waals surface area (Å²) in [5.41, 5.74) is 2.84. The summed E-state index contributed by atoms with van der Waals surface area (Å²) < 4.78 is 4.96. The summed E-state index contributed by atoms with van der Waals surface area (Å²) in [5, 5.41) is 8.37. The topological polar surface area (TPSA) is 76.8 Å². The summed E-state index contributed by atoms with van der Waals surface area (Å²) in [6.07, 6.45) is 0. The number of aryl methyl sites for hydroxylation is 1. The molecular formula is C20H18N4O2. The SMILES string of the molecule is CCOC(=O)c1ccc(N=Nc2cc(C)nc(-c3ccccc3)n2)cc1. The predicted octanol–water partition coefficient (Wildman–Crippen LogP) is 5.04. The fraction of sp³-hybridized carbons (Fsp3) is 0.150. The van der Waals surface area contributed by atoms with Crippen LogP contribution < -0.4 is 0 Å². The molecule has 0 aliphatic carbocycles. The fourth-order valence-corrected chi connectivity index (χ4v) is 2.31. The normalized spacial score (nSPS) is 10.8. The van der Waals surface area contributed by atoms with E-state index in [0.717, 1.165) is 11.3 Å². The minimum absolute atomic E-state index is 0.344. The first kappa shape index (κ1) is 17.4. The number of ether oxygens (including phenoxy) is 1. The van der Waals surface area contributed by atoms with Crippen molar-refractivity contribution in [1.29, 1.82) is 0 Å². The molecule has 130 valence electrons. The average molecular weight is 346 g/mol. The Morgan fingerprint density at radius 1 is 1.00 bits per heavy atom. The van der Waals surface area contributed by atoms with E-state index < -0.39 is 0 Å². The van der Waals surface area contributed by atoms with Crippen LogP contribution in [0.2, 0.25) is 0 Å². The number of rotatable bonds is 5. The molecule has 6 heteroatoms. The molecule has 3 rings (SSSR count). The van der Waals surface area contributed by atoms with Crippen molar-refractivity contribution < 1.29 is 9.53 Å². The molecule has 0 radical (unpaired) electrons. The summed E-state index contributed by atoms with van der Waals surface area (Å²) in [4.78, 5) is 20.5. The Labute approximate surface area is 151 Å². The van der Waals surface area contributed by atoms with Crippen LogP contribution >= 0.6 is 0 Å². The molecule has 0 N–H and O–H groups in total. The first-order valence-electron chi connectivity index (χ1n) is 8.26. The van der Waals surface area contributed by atoms with Gasteiger partial charge < -0.3 is 4.74 Å². The Balaban J connectivity index is 1.80. The highest BCUT2D eigenvalue weighted by Crippen LogP contribution is 2.21. The van der Waals surface area contributed by atoms with E-state index >= 15 is 0 Å². The van der Waals surface area contributed by atoms with Crippen molar-refractivity contribution in [1.82, 2.24) is 9.97 Å². The number of esters is 1. The van der Waals surface area contributed by atoms with Gasteiger partial charge in [-0.05, 0) is 38.1 Å². The van der Waals surface area contributed by atoms with Crippen LogP contribution in [-0.4, -0.2) is 22.5 Å². The predicted molar refractivity (Wildman–Crippen MR) is 98.8 cm³/mol. The van der Waals surface area contributed by atoms with E-state index in [0.29, 0.717) is 29.5 Å². The maximum atomic E-state index is 11.7. The Morgan fingerprint density at radius 2 is 1.73 bits per heavy atom. The second kappa shape index (κ2) is 8.11. The summed E-state index contributed by atoms with van der Waals surface area (Å²) in [6.45, 7) is 4.01. The lowest BCUT2D eigenvalue weighted by Crippen LogP contribution is -2.03. The number of nitrogens with zero attached hydrogens (tertiary/aromatic N) is 4. The quantitative estimate of drug-likeness (QED) is 0.479. The maximum absolute atomic E-state index is 11.7. The molecule has 0 aliphatic rings. The fourth-order valence-electron chi connectivity index (χ4n) is 2.31. The standard InChI is InChI=1S/C20H18N4O2/c1-3-26-20(25)16-9-11-17(12-10-16)23-24-18-13-14(2)21-19(22-18)15-7-5-4-6-8-15/h4-13H,3H2,1-2H3. The van der Waals surface area contributed by atoms with E-state index in [1.807, 2.05) is 37.3 Å². The van der Waals surface area contributed by atoms with Gasteiger partial charge in [-0.3, -0.25) is 0 Å². The second-order valence-corrected chi connectivity index (χ2v) is 5.52. The van der Waals surface area contributed by atoms with E-state index in [2.05, 4.69) is 20.2 Å². The van der Waals surface area contributed by atoms with E-state index in [1.165, 1.54) is 0 Å². The van der Waals surface area contributed by atoms with Gasteiger partial charge in [-0.15, -0.1) is 10.2 Å². The number of benzene rings is 2. The van der Waals surface area contributed by atoms with Crippen molar-refractivity contribution in [2.45, 2.75) is 13.8 Å². The first-order chi connectivity index (χ1) is 12.7. The molecule has 6 nitrogen and oxygen atoms in total. The van der Waals surface area contributed by atoms with Crippen LogP contribution in [0.5, 0.6) is 0 Å². The number of aromatic nitrogens is 2. The van der Waals surface area contributed by atoms with Gasteiger partial charge >= 0.3 is 5.97 Å². The van der Waals surface area contributed by atoms with Crippen molar-refractivity contribution in [2.24, 2.45) is 10.2 Å². The largest absolute Gasteiger partial charge is 0.462 e. The van der Waals surface area contributed by atoms with Crippen molar-refractivity contribution in [3.8, 4) is 11.4 Å². The molecule has 0 spiro atoms. The highest BCUT2D eigenvalue weighted by molar-refractivity contribution is 5.89. The van der Waals surface area contributed by atoms with Gasteiger partial charge in [-0.25, -0.2) is 14.8 Å². The van der Waals surface area contributed by atoms with Gasteiger partial charge in [0.1, 0.15) is 0 Å². The Kier molecular flexibility index (Phi) is 5.43.